The molecule has 1 heterocycles. The second kappa shape index (κ2) is 5.29. The molecule has 1 aliphatic heterocycles. The van der Waals surface area contributed by atoms with Crippen LogP contribution in [0, 0.1) is 0 Å². The second-order valence-corrected chi connectivity index (χ2v) is 5.80. The zero-order valence-corrected chi connectivity index (χ0v) is 11.8. The molecule has 20 heavy (non-hydrogen) atoms. The third-order valence-corrected chi connectivity index (χ3v) is 4.04. The van der Waals surface area contributed by atoms with E-state index >= 15 is 0 Å². The van der Waals surface area contributed by atoms with Crippen molar-refractivity contribution in [2.75, 3.05) is 0 Å². The van der Waals surface area contributed by atoms with E-state index in [9.17, 15) is 5.11 Å². The molecule has 0 saturated carbocycles. The largest absolute Gasteiger partial charge is 0.487 e. The number of fused-ring (bicyclic) bond motifs is 1. The highest BCUT2D eigenvalue weighted by Crippen LogP contribution is 2.41. The number of aryl methyl sites for hydroxylation is 1. The van der Waals surface area contributed by atoms with E-state index in [0.29, 0.717) is 6.42 Å². The molecule has 0 bridgehead atoms. The summed E-state index contributed by atoms with van der Waals surface area (Å²) < 4.78 is 6.15. The Morgan fingerprint density at radius 1 is 1.10 bits per heavy atom. The van der Waals surface area contributed by atoms with Gasteiger partial charge in [0.2, 0.25) is 0 Å². The van der Waals surface area contributed by atoms with Crippen LogP contribution in [0.2, 0.25) is 0 Å². The van der Waals surface area contributed by atoms with Gasteiger partial charge in [-0.25, -0.2) is 0 Å². The van der Waals surface area contributed by atoms with Crippen LogP contribution in [0.4, 0.5) is 0 Å². The van der Waals surface area contributed by atoms with E-state index in [1.807, 2.05) is 30.3 Å². The number of hydrogen-bond acceptors (Lipinski definition) is 2. The van der Waals surface area contributed by atoms with Crippen molar-refractivity contribution in [3.05, 3.63) is 65.7 Å². The Balaban J connectivity index is 1.74. The Morgan fingerprint density at radius 3 is 2.60 bits per heavy atom. The minimum absolute atomic E-state index is 0.302. The first-order valence-electron chi connectivity index (χ1n) is 7.16. The molecule has 2 atom stereocenters. The molecule has 2 aromatic carbocycles. The van der Waals surface area contributed by atoms with Crippen LogP contribution in [-0.2, 0) is 6.42 Å². The average molecular weight is 268 g/mol. The van der Waals surface area contributed by atoms with Crippen LogP contribution in [0.5, 0.6) is 5.75 Å². The minimum Gasteiger partial charge on any atom is -0.487 e. The quantitative estimate of drug-likeness (QED) is 0.915. The Morgan fingerprint density at radius 2 is 1.80 bits per heavy atom. The first-order valence-corrected chi connectivity index (χ1v) is 7.16. The third kappa shape index (κ3) is 2.70. The van der Waals surface area contributed by atoms with Gasteiger partial charge in [-0.3, -0.25) is 0 Å². The van der Waals surface area contributed by atoms with Crippen LogP contribution >= 0.6 is 0 Å². The van der Waals surface area contributed by atoms with Gasteiger partial charge in [0.05, 0.1) is 6.10 Å². The van der Waals surface area contributed by atoms with E-state index in [1.54, 1.807) is 0 Å². The van der Waals surface area contributed by atoms with Crippen molar-refractivity contribution < 1.29 is 9.84 Å². The lowest BCUT2D eigenvalue weighted by Crippen LogP contribution is -2.38. The fourth-order valence-electron chi connectivity index (χ4n) is 2.88. The van der Waals surface area contributed by atoms with Crippen LogP contribution in [0.3, 0.4) is 0 Å². The highest BCUT2D eigenvalue weighted by atomic mass is 16.5. The summed E-state index contributed by atoms with van der Waals surface area (Å²) in [5.41, 5.74) is 1.92. The predicted molar refractivity (Wildman–Crippen MR) is 79.8 cm³/mol. The van der Waals surface area contributed by atoms with Crippen molar-refractivity contribution >= 4 is 0 Å². The van der Waals surface area contributed by atoms with E-state index in [0.717, 1.165) is 24.2 Å². The normalized spacial score (nSPS) is 24.8. The Bertz CT molecular complexity index is 579. The van der Waals surface area contributed by atoms with E-state index in [-0.39, 0.29) is 5.60 Å². The summed E-state index contributed by atoms with van der Waals surface area (Å²) in [6, 6.07) is 18.2. The van der Waals surface area contributed by atoms with E-state index in [4.69, 9.17) is 4.74 Å². The van der Waals surface area contributed by atoms with Crippen LogP contribution in [0.25, 0.3) is 0 Å². The molecule has 2 unspecified atom stereocenters. The van der Waals surface area contributed by atoms with Crippen molar-refractivity contribution in [3.8, 4) is 5.75 Å². The van der Waals surface area contributed by atoms with Crippen LogP contribution < -0.4 is 4.74 Å². The molecule has 0 saturated heterocycles. The SMILES string of the molecule is CC1(CCc2ccccc2)CC(O)c2ccccc2O1. The van der Waals surface area contributed by atoms with Gasteiger partial charge in [0.1, 0.15) is 11.4 Å². The van der Waals surface area contributed by atoms with Crippen molar-refractivity contribution in [2.24, 2.45) is 0 Å². The molecule has 0 radical (unpaired) electrons. The number of rotatable bonds is 3. The molecule has 1 aliphatic rings. The maximum absolute atomic E-state index is 10.3. The number of para-hydroxylation sites is 1. The molecule has 104 valence electrons. The van der Waals surface area contributed by atoms with Crippen molar-refractivity contribution in [2.45, 2.75) is 37.9 Å². The van der Waals surface area contributed by atoms with Gasteiger partial charge in [-0.2, -0.15) is 0 Å². The summed E-state index contributed by atoms with van der Waals surface area (Å²) in [6.45, 7) is 2.09. The van der Waals surface area contributed by atoms with Gasteiger partial charge in [-0.05, 0) is 31.4 Å². The smallest absolute Gasteiger partial charge is 0.125 e. The van der Waals surface area contributed by atoms with Gasteiger partial charge in [0.25, 0.3) is 0 Å². The molecule has 0 aliphatic carbocycles. The summed E-state index contributed by atoms with van der Waals surface area (Å²) in [5, 5.41) is 10.3. The summed E-state index contributed by atoms with van der Waals surface area (Å²) >= 11 is 0. The maximum atomic E-state index is 10.3. The molecule has 2 aromatic rings. The third-order valence-electron chi connectivity index (χ3n) is 4.04. The lowest BCUT2D eigenvalue weighted by atomic mass is 9.86. The number of aliphatic hydroxyl groups is 1. The van der Waals surface area contributed by atoms with Crippen LogP contribution in [0.15, 0.2) is 54.6 Å². The van der Waals surface area contributed by atoms with Gasteiger partial charge in [-0.15, -0.1) is 0 Å². The molecular formula is C18H20O2. The zero-order valence-electron chi connectivity index (χ0n) is 11.8. The van der Waals surface area contributed by atoms with Gasteiger partial charge in [0, 0.05) is 12.0 Å². The summed E-state index contributed by atoms with van der Waals surface area (Å²) in [6.07, 6.45) is 2.09. The second-order valence-electron chi connectivity index (χ2n) is 5.80. The Kier molecular flexibility index (Phi) is 3.49. The molecular weight excluding hydrogens is 248 g/mol. The topological polar surface area (TPSA) is 29.5 Å². The number of aliphatic hydroxyl groups excluding tert-OH is 1. The molecule has 0 aromatic heterocycles. The van der Waals surface area contributed by atoms with Crippen molar-refractivity contribution in [3.63, 3.8) is 0 Å². The summed E-state index contributed by atoms with van der Waals surface area (Å²) in [4.78, 5) is 0. The number of hydrogen-bond donors (Lipinski definition) is 1. The Hall–Kier alpha value is -1.80. The average Bonchev–Trinajstić information content (AvgIpc) is 2.46. The molecule has 0 fully saturated rings. The van der Waals surface area contributed by atoms with Crippen LogP contribution in [-0.4, -0.2) is 10.7 Å². The van der Waals surface area contributed by atoms with Crippen molar-refractivity contribution in [1.82, 2.24) is 0 Å². The van der Waals surface area contributed by atoms with E-state index in [2.05, 4.69) is 31.2 Å². The van der Waals surface area contributed by atoms with E-state index in [1.165, 1.54) is 5.56 Å². The minimum atomic E-state index is -0.430. The first-order chi connectivity index (χ1) is 9.66. The van der Waals surface area contributed by atoms with Gasteiger partial charge in [0.15, 0.2) is 0 Å². The molecule has 1 N–H and O–H groups in total. The molecule has 0 amide bonds. The molecule has 3 rings (SSSR count). The summed E-state index contributed by atoms with van der Waals surface area (Å²) in [5.74, 6) is 0.821. The Labute approximate surface area is 120 Å². The fraction of sp³-hybridized carbons (Fsp3) is 0.333. The first kappa shape index (κ1) is 13.2. The number of benzene rings is 2. The lowest BCUT2D eigenvalue weighted by Gasteiger charge is -2.38. The summed E-state index contributed by atoms with van der Waals surface area (Å²) in [7, 11) is 0. The molecule has 2 nitrogen and oxygen atoms in total. The lowest BCUT2D eigenvalue weighted by molar-refractivity contribution is -0.00670. The van der Waals surface area contributed by atoms with E-state index < -0.39 is 6.10 Å². The monoisotopic (exact) mass is 268 g/mol. The zero-order chi connectivity index (χ0) is 14.0. The number of ether oxygens (including phenoxy) is 1. The van der Waals surface area contributed by atoms with Gasteiger partial charge in [-0.1, -0.05) is 48.5 Å². The predicted octanol–water partition coefficient (Wildman–Crippen LogP) is 3.89. The standard InChI is InChI=1S/C18H20O2/c1-18(12-11-14-7-3-2-4-8-14)13-16(19)15-9-5-6-10-17(15)20-18/h2-10,16,19H,11-13H2,1H3. The molecule has 2 heteroatoms. The van der Waals surface area contributed by atoms with Gasteiger partial charge < -0.3 is 9.84 Å². The van der Waals surface area contributed by atoms with Crippen LogP contribution in [0.1, 0.15) is 37.0 Å². The maximum Gasteiger partial charge on any atom is 0.125 e. The van der Waals surface area contributed by atoms with Gasteiger partial charge >= 0.3 is 0 Å². The highest BCUT2D eigenvalue weighted by molar-refractivity contribution is 5.37. The van der Waals surface area contributed by atoms with Crippen molar-refractivity contribution in [1.29, 1.82) is 0 Å². The fourth-order valence-corrected chi connectivity index (χ4v) is 2.88. The highest BCUT2D eigenvalue weighted by Gasteiger charge is 2.35. The molecule has 0 spiro atoms.